The lowest BCUT2D eigenvalue weighted by Crippen LogP contribution is -2.42. The van der Waals surface area contributed by atoms with Gasteiger partial charge in [-0.25, -0.2) is 4.79 Å². The Kier molecular flexibility index (Phi) is 10.7. The molecular formula is C11H20N2O4S3. The zero-order chi connectivity index (χ0) is 15.5. The van der Waals surface area contributed by atoms with Crippen LogP contribution in [0.15, 0.2) is 0 Å². The maximum Gasteiger partial charge on any atom is 0.327 e. The molecule has 0 saturated heterocycles. The molecule has 20 heavy (non-hydrogen) atoms. The Morgan fingerprint density at radius 1 is 1.40 bits per heavy atom. The topological polar surface area (TPSA) is 95.5 Å². The summed E-state index contributed by atoms with van der Waals surface area (Å²) in [6.07, 6.45) is 3.38. The van der Waals surface area contributed by atoms with Crippen molar-refractivity contribution >= 4 is 51.0 Å². The van der Waals surface area contributed by atoms with Crippen molar-refractivity contribution in [2.75, 3.05) is 24.3 Å². The van der Waals surface area contributed by atoms with Crippen LogP contribution in [0.4, 0.5) is 0 Å². The van der Waals surface area contributed by atoms with Gasteiger partial charge in [0.2, 0.25) is 5.91 Å². The van der Waals surface area contributed by atoms with Crippen LogP contribution in [-0.4, -0.2) is 55.9 Å². The number of carboxylic acid groups (broad SMARTS) is 1. The van der Waals surface area contributed by atoms with Gasteiger partial charge in [0.15, 0.2) is 0 Å². The van der Waals surface area contributed by atoms with E-state index >= 15 is 0 Å². The van der Waals surface area contributed by atoms with E-state index in [1.54, 1.807) is 6.26 Å². The first-order valence-electron chi connectivity index (χ1n) is 6.03. The highest BCUT2D eigenvalue weighted by molar-refractivity contribution is 8.23. The molecule has 1 amide bonds. The van der Waals surface area contributed by atoms with E-state index in [0.717, 1.165) is 12.8 Å². The smallest absolute Gasteiger partial charge is 0.327 e. The number of carbonyl (C=O) groups excluding carboxylic acids is 1. The van der Waals surface area contributed by atoms with Gasteiger partial charge >= 0.3 is 5.97 Å². The fourth-order valence-electron chi connectivity index (χ4n) is 1.25. The van der Waals surface area contributed by atoms with Gasteiger partial charge in [0.1, 0.15) is 10.4 Å². The van der Waals surface area contributed by atoms with Crippen molar-refractivity contribution in [2.24, 2.45) is 0 Å². The summed E-state index contributed by atoms with van der Waals surface area (Å²) in [5.41, 5.74) is 0. The van der Waals surface area contributed by atoms with Crippen molar-refractivity contribution in [3.05, 3.63) is 0 Å². The predicted molar refractivity (Wildman–Crippen MR) is 86.5 cm³/mol. The van der Waals surface area contributed by atoms with Crippen LogP contribution < -0.4 is 10.6 Å². The first kappa shape index (κ1) is 19.3. The Hall–Kier alpha value is -0.670. The van der Waals surface area contributed by atoms with Crippen LogP contribution in [0.5, 0.6) is 0 Å². The van der Waals surface area contributed by atoms with Crippen molar-refractivity contribution in [1.29, 1.82) is 0 Å². The third kappa shape index (κ3) is 11.2. The summed E-state index contributed by atoms with van der Waals surface area (Å²) in [7, 11) is -0.772. The van der Waals surface area contributed by atoms with Crippen molar-refractivity contribution in [3.8, 4) is 0 Å². The quantitative estimate of drug-likeness (QED) is 0.411. The summed E-state index contributed by atoms with van der Waals surface area (Å²) in [5, 5.41) is 14.2. The molecule has 2 unspecified atom stereocenters. The van der Waals surface area contributed by atoms with Crippen LogP contribution in [0.1, 0.15) is 19.8 Å². The summed E-state index contributed by atoms with van der Waals surface area (Å²) in [6, 6.07) is -0.945. The average molecular weight is 340 g/mol. The largest absolute Gasteiger partial charge is 0.480 e. The molecule has 0 aromatic rings. The number of aliphatic carboxylic acids is 1. The predicted octanol–water partition coefficient (Wildman–Crippen LogP) is 0.342. The van der Waals surface area contributed by atoms with Crippen molar-refractivity contribution < 1.29 is 18.9 Å². The van der Waals surface area contributed by atoms with Gasteiger partial charge in [-0.1, -0.05) is 24.0 Å². The number of amides is 1. The number of hydrogen-bond donors (Lipinski definition) is 3. The number of thiocarbonyl (C=S) groups is 1. The van der Waals surface area contributed by atoms with Crippen LogP contribution >= 0.6 is 24.0 Å². The molecule has 0 bridgehead atoms. The summed E-state index contributed by atoms with van der Waals surface area (Å²) >= 11 is 6.24. The molecule has 6 nitrogen and oxygen atoms in total. The molecule has 0 spiro atoms. The van der Waals surface area contributed by atoms with Gasteiger partial charge in [-0.2, -0.15) is 0 Å². The minimum absolute atomic E-state index is 0.180. The number of nitrogens with one attached hydrogen (secondary N) is 2. The van der Waals surface area contributed by atoms with E-state index in [-0.39, 0.29) is 11.7 Å². The lowest BCUT2D eigenvalue weighted by molar-refractivity contribution is -0.140. The standard InChI is InChI=1S/C11H20N2O4S3/c1-8(14)13-9(10(15)16)7-19-11(18)12-5-3-4-6-20(2)17/h9H,3-7H2,1-2H3,(H,12,18)(H,13,14)(H,15,16). The Morgan fingerprint density at radius 3 is 2.55 bits per heavy atom. The van der Waals surface area contributed by atoms with Crippen LogP contribution in [0.2, 0.25) is 0 Å². The van der Waals surface area contributed by atoms with Crippen molar-refractivity contribution in [3.63, 3.8) is 0 Å². The molecule has 0 aliphatic carbocycles. The molecule has 9 heteroatoms. The zero-order valence-electron chi connectivity index (χ0n) is 11.5. The third-order valence-corrected chi connectivity index (χ3v) is 4.45. The van der Waals surface area contributed by atoms with Gasteiger partial charge in [0.05, 0.1) is 0 Å². The zero-order valence-corrected chi connectivity index (χ0v) is 14.0. The second-order valence-electron chi connectivity index (χ2n) is 4.10. The first-order chi connectivity index (χ1) is 9.32. The van der Waals surface area contributed by atoms with Crippen molar-refractivity contribution in [1.82, 2.24) is 10.6 Å². The monoisotopic (exact) mass is 340 g/mol. The fraction of sp³-hybridized carbons (Fsp3) is 0.727. The highest BCUT2D eigenvalue weighted by atomic mass is 32.2. The molecule has 0 aliphatic heterocycles. The van der Waals surface area contributed by atoms with E-state index < -0.39 is 22.8 Å². The second kappa shape index (κ2) is 11.0. The third-order valence-electron chi connectivity index (χ3n) is 2.18. The van der Waals surface area contributed by atoms with E-state index in [4.69, 9.17) is 17.3 Å². The van der Waals surface area contributed by atoms with Gasteiger partial charge < -0.3 is 15.7 Å². The Labute approximate surface area is 130 Å². The highest BCUT2D eigenvalue weighted by Gasteiger charge is 2.18. The van der Waals surface area contributed by atoms with Gasteiger partial charge in [-0.3, -0.25) is 9.00 Å². The molecule has 0 radical (unpaired) electrons. The Balaban J connectivity index is 3.82. The summed E-state index contributed by atoms with van der Waals surface area (Å²) in [5.74, 6) is -0.615. The molecule has 2 atom stereocenters. The Bertz CT molecular complexity index is 377. The molecule has 0 saturated carbocycles. The first-order valence-corrected chi connectivity index (χ1v) is 9.15. The molecule has 0 fully saturated rings. The normalized spacial score (nSPS) is 13.3. The van der Waals surface area contributed by atoms with E-state index in [1.165, 1.54) is 18.7 Å². The number of thioether (sulfide) groups is 1. The van der Waals surface area contributed by atoms with E-state index in [2.05, 4.69) is 10.6 Å². The molecule has 0 aliphatic rings. The maximum absolute atomic E-state index is 10.9. The number of carboxylic acids is 1. The van der Waals surface area contributed by atoms with Crippen LogP contribution in [0.3, 0.4) is 0 Å². The second-order valence-corrected chi connectivity index (χ2v) is 7.35. The molecule has 116 valence electrons. The van der Waals surface area contributed by atoms with Gasteiger partial charge in [-0.05, 0) is 12.8 Å². The maximum atomic E-state index is 10.9. The fourth-order valence-corrected chi connectivity index (χ4v) is 2.92. The number of carbonyl (C=O) groups is 2. The Morgan fingerprint density at radius 2 is 2.05 bits per heavy atom. The average Bonchev–Trinajstić information content (AvgIpc) is 2.32. The van der Waals surface area contributed by atoms with E-state index in [1.807, 2.05) is 0 Å². The summed E-state index contributed by atoms with van der Waals surface area (Å²) < 4.78 is 11.3. The van der Waals surface area contributed by atoms with Gasteiger partial charge in [-0.15, -0.1) is 0 Å². The van der Waals surface area contributed by atoms with Gasteiger partial charge in [0.25, 0.3) is 0 Å². The molecule has 0 heterocycles. The molecule has 3 N–H and O–H groups in total. The summed E-state index contributed by atoms with van der Waals surface area (Å²) in [4.78, 5) is 21.7. The molecule has 0 aromatic carbocycles. The van der Waals surface area contributed by atoms with Crippen LogP contribution in [0.25, 0.3) is 0 Å². The van der Waals surface area contributed by atoms with Crippen LogP contribution in [0, 0.1) is 0 Å². The lowest BCUT2D eigenvalue weighted by Gasteiger charge is -2.13. The lowest BCUT2D eigenvalue weighted by atomic mass is 10.3. The number of unbranched alkanes of at least 4 members (excludes halogenated alkanes) is 1. The molecule has 0 rings (SSSR count). The minimum atomic E-state index is -1.08. The SMILES string of the molecule is CC(=O)NC(CSC(=S)NCCCCS(C)=O)C(=O)O. The van der Waals surface area contributed by atoms with E-state index in [0.29, 0.717) is 16.6 Å². The van der Waals surface area contributed by atoms with Gasteiger partial charge in [0, 0.05) is 42.0 Å². The highest BCUT2D eigenvalue weighted by Crippen LogP contribution is 2.05. The molecular weight excluding hydrogens is 320 g/mol. The van der Waals surface area contributed by atoms with Crippen LogP contribution in [-0.2, 0) is 20.4 Å². The van der Waals surface area contributed by atoms with Crippen molar-refractivity contribution in [2.45, 2.75) is 25.8 Å². The molecule has 0 aromatic heterocycles. The number of hydrogen-bond acceptors (Lipinski definition) is 5. The van der Waals surface area contributed by atoms with E-state index in [9.17, 15) is 13.8 Å². The number of rotatable bonds is 9. The summed E-state index contributed by atoms with van der Waals surface area (Å²) in [6.45, 7) is 1.94. The minimum Gasteiger partial charge on any atom is -0.480 e.